The van der Waals surface area contributed by atoms with Crippen LogP contribution in [0.25, 0.3) is 0 Å². The molecular formula is C13H17NO3. The number of hydrogen-bond donors (Lipinski definition) is 0. The number of carbonyl (C=O) groups is 1. The van der Waals surface area contributed by atoms with E-state index >= 15 is 0 Å². The Bertz CT molecular complexity index is 386. The lowest BCUT2D eigenvalue weighted by molar-refractivity contribution is 0.112. The molecule has 0 N–H and O–H groups in total. The van der Waals surface area contributed by atoms with Gasteiger partial charge < -0.3 is 14.4 Å². The first-order valence-corrected chi connectivity index (χ1v) is 5.76. The number of anilines is 1. The Morgan fingerprint density at radius 1 is 1.12 bits per heavy atom. The van der Waals surface area contributed by atoms with Gasteiger partial charge >= 0.3 is 0 Å². The zero-order valence-electron chi connectivity index (χ0n) is 10.2. The van der Waals surface area contributed by atoms with E-state index in [2.05, 4.69) is 4.90 Å². The standard InChI is InChI=1S/C13H17NO3/c1-16-11-7-10(9-15)8-12(17-2)13(11)14-5-3-4-6-14/h7-9H,3-6H2,1-2H3. The van der Waals surface area contributed by atoms with E-state index in [-0.39, 0.29) is 0 Å². The van der Waals surface area contributed by atoms with E-state index < -0.39 is 0 Å². The fraction of sp³-hybridized carbons (Fsp3) is 0.462. The van der Waals surface area contributed by atoms with E-state index in [1.54, 1.807) is 26.4 Å². The van der Waals surface area contributed by atoms with Gasteiger partial charge in [0.25, 0.3) is 0 Å². The molecule has 1 heterocycles. The van der Waals surface area contributed by atoms with Crippen molar-refractivity contribution in [2.45, 2.75) is 12.8 Å². The average molecular weight is 235 g/mol. The minimum absolute atomic E-state index is 0.571. The second-order valence-corrected chi connectivity index (χ2v) is 4.09. The predicted molar refractivity (Wildman–Crippen MR) is 66.4 cm³/mol. The first-order valence-electron chi connectivity index (χ1n) is 5.76. The van der Waals surface area contributed by atoms with Crippen LogP contribution in [-0.4, -0.2) is 33.6 Å². The van der Waals surface area contributed by atoms with E-state index in [0.717, 1.165) is 25.1 Å². The number of methoxy groups -OCH3 is 2. The van der Waals surface area contributed by atoms with Gasteiger partial charge in [0.1, 0.15) is 23.5 Å². The van der Waals surface area contributed by atoms with Crippen molar-refractivity contribution in [3.8, 4) is 11.5 Å². The fourth-order valence-corrected chi connectivity index (χ4v) is 2.23. The van der Waals surface area contributed by atoms with Gasteiger partial charge in [0.15, 0.2) is 0 Å². The molecule has 0 amide bonds. The number of aldehydes is 1. The van der Waals surface area contributed by atoms with Crippen LogP contribution in [0.2, 0.25) is 0 Å². The Labute approximate surface area is 101 Å². The van der Waals surface area contributed by atoms with Crippen molar-refractivity contribution in [2.24, 2.45) is 0 Å². The molecule has 0 unspecified atom stereocenters. The topological polar surface area (TPSA) is 38.8 Å². The second-order valence-electron chi connectivity index (χ2n) is 4.09. The summed E-state index contributed by atoms with van der Waals surface area (Å²) >= 11 is 0. The number of ether oxygens (including phenoxy) is 2. The molecule has 92 valence electrons. The maximum absolute atomic E-state index is 10.9. The van der Waals surface area contributed by atoms with Gasteiger partial charge in [0.2, 0.25) is 0 Å². The monoisotopic (exact) mass is 235 g/mol. The van der Waals surface area contributed by atoms with E-state index in [4.69, 9.17) is 9.47 Å². The number of benzene rings is 1. The summed E-state index contributed by atoms with van der Waals surface area (Å²) in [6.45, 7) is 2.01. The summed E-state index contributed by atoms with van der Waals surface area (Å²) in [5.74, 6) is 1.40. The molecule has 1 aromatic rings. The van der Waals surface area contributed by atoms with Gasteiger partial charge in [-0.05, 0) is 25.0 Å². The van der Waals surface area contributed by atoms with E-state index in [1.807, 2.05) is 0 Å². The van der Waals surface area contributed by atoms with Gasteiger partial charge in [-0.3, -0.25) is 4.79 Å². The zero-order valence-corrected chi connectivity index (χ0v) is 10.2. The van der Waals surface area contributed by atoms with Gasteiger partial charge in [-0.15, -0.1) is 0 Å². The van der Waals surface area contributed by atoms with Crippen LogP contribution in [-0.2, 0) is 0 Å². The maximum atomic E-state index is 10.9. The highest BCUT2D eigenvalue weighted by Crippen LogP contribution is 2.40. The Balaban J connectivity index is 2.49. The molecule has 17 heavy (non-hydrogen) atoms. The molecule has 0 atom stereocenters. The van der Waals surface area contributed by atoms with Crippen molar-refractivity contribution in [1.82, 2.24) is 0 Å². The molecule has 4 nitrogen and oxygen atoms in total. The van der Waals surface area contributed by atoms with Crippen molar-refractivity contribution in [3.05, 3.63) is 17.7 Å². The smallest absolute Gasteiger partial charge is 0.150 e. The lowest BCUT2D eigenvalue weighted by Gasteiger charge is -2.23. The second kappa shape index (κ2) is 5.08. The fourth-order valence-electron chi connectivity index (χ4n) is 2.23. The van der Waals surface area contributed by atoms with E-state index in [9.17, 15) is 4.79 Å². The molecule has 4 heteroatoms. The van der Waals surface area contributed by atoms with Gasteiger partial charge in [0.05, 0.1) is 14.2 Å². The molecule has 0 bridgehead atoms. The highest BCUT2D eigenvalue weighted by Gasteiger charge is 2.21. The van der Waals surface area contributed by atoms with Crippen molar-refractivity contribution >= 4 is 12.0 Å². The normalized spacial score (nSPS) is 14.8. The molecule has 0 aliphatic carbocycles. The molecule has 0 spiro atoms. The van der Waals surface area contributed by atoms with Crippen LogP contribution in [0.15, 0.2) is 12.1 Å². The minimum atomic E-state index is 0.571. The van der Waals surface area contributed by atoms with Crippen LogP contribution in [0.3, 0.4) is 0 Å². The van der Waals surface area contributed by atoms with Crippen LogP contribution in [0, 0.1) is 0 Å². The van der Waals surface area contributed by atoms with Crippen molar-refractivity contribution in [2.75, 3.05) is 32.2 Å². The van der Waals surface area contributed by atoms with Crippen LogP contribution < -0.4 is 14.4 Å². The first-order chi connectivity index (χ1) is 8.30. The molecule has 0 radical (unpaired) electrons. The first kappa shape index (κ1) is 11.8. The van der Waals surface area contributed by atoms with Gasteiger partial charge in [-0.1, -0.05) is 0 Å². The van der Waals surface area contributed by atoms with Crippen molar-refractivity contribution in [1.29, 1.82) is 0 Å². The lowest BCUT2D eigenvalue weighted by atomic mass is 10.1. The summed E-state index contributed by atoms with van der Waals surface area (Å²) in [6, 6.07) is 3.51. The van der Waals surface area contributed by atoms with Crippen molar-refractivity contribution < 1.29 is 14.3 Å². The lowest BCUT2D eigenvalue weighted by Crippen LogP contribution is -2.19. The highest BCUT2D eigenvalue weighted by atomic mass is 16.5. The van der Waals surface area contributed by atoms with Crippen molar-refractivity contribution in [3.63, 3.8) is 0 Å². The molecule has 1 fully saturated rings. The Kier molecular flexibility index (Phi) is 3.52. The molecule has 0 saturated carbocycles. The maximum Gasteiger partial charge on any atom is 0.150 e. The summed E-state index contributed by atoms with van der Waals surface area (Å²) in [5, 5.41) is 0. The van der Waals surface area contributed by atoms with E-state index in [1.165, 1.54) is 12.8 Å². The van der Waals surface area contributed by atoms with Crippen LogP contribution in [0.5, 0.6) is 11.5 Å². The predicted octanol–water partition coefficient (Wildman–Crippen LogP) is 2.12. The zero-order chi connectivity index (χ0) is 12.3. The third-order valence-corrected chi connectivity index (χ3v) is 3.06. The molecule has 1 aliphatic rings. The number of carbonyl (C=O) groups excluding carboxylic acids is 1. The Morgan fingerprint density at radius 2 is 1.65 bits per heavy atom. The molecule has 2 rings (SSSR count). The Hall–Kier alpha value is -1.71. The third kappa shape index (κ3) is 2.20. The number of rotatable bonds is 4. The highest BCUT2D eigenvalue weighted by molar-refractivity contribution is 5.81. The van der Waals surface area contributed by atoms with E-state index in [0.29, 0.717) is 17.1 Å². The Morgan fingerprint density at radius 3 is 2.06 bits per heavy atom. The molecule has 1 aromatic carbocycles. The minimum Gasteiger partial charge on any atom is -0.494 e. The molecule has 0 aromatic heterocycles. The summed E-state index contributed by atoms with van der Waals surface area (Å²) in [5.41, 5.74) is 1.53. The van der Waals surface area contributed by atoms with Gasteiger partial charge in [0, 0.05) is 18.7 Å². The quantitative estimate of drug-likeness (QED) is 0.749. The number of nitrogens with zero attached hydrogens (tertiary/aromatic N) is 1. The summed E-state index contributed by atoms with van der Waals surface area (Å²) in [4.78, 5) is 13.1. The van der Waals surface area contributed by atoms with Gasteiger partial charge in [-0.2, -0.15) is 0 Å². The van der Waals surface area contributed by atoms with Crippen LogP contribution >= 0.6 is 0 Å². The molecule has 1 aliphatic heterocycles. The molecule has 1 saturated heterocycles. The van der Waals surface area contributed by atoms with Crippen LogP contribution in [0.1, 0.15) is 23.2 Å². The number of hydrogen-bond acceptors (Lipinski definition) is 4. The van der Waals surface area contributed by atoms with Gasteiger partial charge in [-0.25, -0.2) is 0 Å². The third-order valence-electron chi connectivity index (χ3n) is 3.06. The largest absolute Gasteiger partial charge is 0.494 e. The summed E-state index contributed by atoms with van der Waals surface area (Å²) in [7, 11) is 3.23. The SMILES string of the molecule is COc1cc(C=O)cc(OC)c1N1CCCC1. The average Bonchev–Trinajstić information content (AvgIpc) is 2.90. The summed E-state index contributed by atoms with van der Waals surface area (Å²) < 4.78 is 10.7. The molecular weight excluding hydrogens is 218 g/mol. The summed E-state index contributed by atoms with van der Waals surface area (Å²) in [6.07, 6.45) is 3.17. The van der Waals surface area contributed by atoms with Crippen LogP contribution in [0.4, 0.5) is 5.69 Å².